The number of carbonyl (C=O) groups is 2. The summed E-state index contributed by atoms with van der Waals surface area (Å²) in [5.41, 5.74) is 1.50. The summed E-state index contributed by atoms with van der Waals surface area (Å²) in [6, 6.07) is 11.0. The minimum Gasteiger partial charge on any atom is -0.492 e. The van der Waals surface area contributed by atoms with Gasteiger partial charge in [0.2, 0.25) is 0 Å². The van der Waals surface area contributed by atoms with Crippen molar-refractivity contribution in [2.75, 3.05) is 11.9 Å². The number of carbonyl (C=O) groups excluding carboxylic acids is 2. The van der Waals surface area contributed by atoms with E-state index in [1.807, 2.05) is 0 Å². The Labute approximate surface area is 170 Å². The quantitative estimate of drug-likeness (QED) is 0.686. The summed E-state index contributed by atoms with van der Waals surface area (Å²) in [4.78, 5) is 29.1. The normalized spacial score (nSPS) is 14.9. The molecule has 0 bridgehead atoms. The molecule has 0 saturated heterocycles. The van der Waals surface area contributed by atoms with Gasteiger partial charge in [-0.25, -0.2) is 8.78 Å². The van der Waals surface area contributed by atoms with Crippen LogP contribution in [0.4, 0.5) is 14.5 Å². The number of aromatic nitrogens is 1. The summed E-state index contributed by atoms with van der Waals surface area (Å²) >= 11 is 0. The van der Waals surface area contributed by atoms with E-state index in [2.05, 4.69) is 15.6 Å². The highest BCUT2D eigenvalue weighted by atomic mass is 19.2. The maximum absolute atomic E-state index is 13.4. The molecule has 1 aliphatic rings. The van der Waals surface area contributed by atoms with E-state index < -0.39 is 17.5 Å². The Balaban J connectivity index is 1.57. The highest BCUT2D eigenvalue weighted by Crippen LogP contribution is 2.35. The van der Waals surface area contributed by atoms with E-state index in [1.165, 1.54) is 18.5 Å². The first-order valence-electron chi connectivity index (χ1n) is 9.26. The second-order valence-electron chi connectivity index (χ2n) is 6.71. The third kappa shape index (κ3) is 3.98. The molecule has 2 N–H and O–H groups in total. The van der Waals surface area contributed by atoms with Crippen molar-refractivity contribution < 1.29 is 23.1 Å². The molecule has 0 spiro atoms. The SMILES string of the molecule is O=C(N[C@H]1CCOc2c(C(=O)Nc3ccc(F)c(F)c3)cccc21)c1ccncc1. The zero-order chi connectivity index (χ0) is 21.1. The lowest BCUT2D eigenvalue weighted by molar-refractivity contribution is 0.0924. The third-order valence-electron chi connectivity index (χ3n) is 4.74. The number of para-hydroxylation sites is 1. The zero-order valence-corrected chi connectivity index (χ0v) is 15.7. The summed E-state index contributed by atoms with van der Waals surface area (Å²) in [6.07, 6.45) is 3.61. The number of hydrogen-bond acceptors (Lipinski definition) is 4. The number of nitrogens with one attached hydrogen (secondary N) is 2. The predicted octanol–water partition coefficient (Wildman–Crippen LogP) is 3.87. The first kappa shape index (κ1) is 19.5. The monoisotopic (exact) mass is 409 g/mol. The molecule has 1 atom stereocenters. The van der Waals surface area contributed by atoms with E-state index in [4.69, 9.17) is 4.74 Å². The van der Waals surface area contributed by atoms with Gasteiger partial charge in [-0.05, 0) is 30.3 Å². The molecular weight excluding hydrogens is 392 g/mol. The second-order valence-corrected chi connectivity index (χ2v) is 6.71. The number of rotatable bonds is 4. The van der Waals surface area contributed by atoms with Crippen LogP contribution < -0.4 is 15.4 Å². The number of ether oxygens (including phenoxy) is 1. The minimum atomic E-state index is -1.06. The van der Waals surface area contributed by atoms with Gasteiger partial charge in [0.15, 0.2) is 11.6 Å². The van der Waals surface area contributed by atoms with Crippen molar-refractivity contribution in [3.05, 3.63) is 89.2 Å². The molecular formula is C22H17F2N3O3. The number of fused-ring (bicyclic) bond motifs is 1. The van der Waals surface area contributed by atoms with Crippen LogP contribution in [0.25, 0.3) is 0 Å². The Morgan fingerprint density at radius 2 is 1.80 bits per heavy atom. The fourth-order valence-corrected chi connectivity index (χ4v) is 3.27. The van der Waals surface area contributed by atoms with Crippen LogP contribution in [-0.4, -0.2) is 23.4 Å². The topological polar surface area (TPSA) is 80.3 Å². The van der Waals surface area contributed by atoms with E-state index in [0.717, 1.165) is 12.1 Å². The van der Waals surface area contributed by atoms with Crippen LogP contribution in [0.3, 0.4) is 0 Å². The lowest BCUT2D eigenvalue weighted by atomic mass is 9.96. The van der Waals surface area contributed by atoms with Gasteiger partial charge in [-0.1, -0.05) is 12.1 Å². The number of nitrogens with zero attached hydrogens (tertiary/aromatic N) is 1. The smallest absolute Gasteiger partial charge is 0.259 e. The Kier molecular flexibility index (Phi) is 5.38. The van der Waals surface area contributed by atoms with Crippen LogP contribution in [0.2, 0.25) is 0 Å². The molecule has 2 amide bonds. The molecule has 0 saturated carbocycles. The first-order valence-corrected chi connectivity index (χ1v) is 9.26. The fraction of sp³-hybridized carbons (Fsp3) is 0.136. The van der Waals surface area contributed by atoms with Crippen molar-refractivity contribution in [2.45, 2.75) is 12.5 Å². The van der Waals surface area contributed by atoms with Gasteiger partial charge >= 0.3 is 0 Å². The summed E-state index contributed by atoms with van der Waals surface area (Å²) in [5, 5.41) is 5.49. The highest BCUT2D eigenvalue weighted by Gasteiger charge is 2.27. The molecule has 3 aromatic rings. The number of halogens is 2. The van der Waals surface area contributed by atoms with E-state index in [9.17, 15) is 18.4 Å². The van der Waals surface area contributed by atoms with Crippen LogP contribution in [0.5, 0.6) is 5.75 Å². The highest BCUT2D eigenvalue weighted by molar-refractivity contribution is 6.06. The zero-order valence-electron chi connectivity index (χ0n) is 15.7. The second kappa shape index (κ2) is 8.28. The molecule has 6 nitrogen and oxygen atoms in total. The largest absolute Gasteiger partial charge is 0.492 e. The van der Waals surface area contributed by atoms with Crippen LogP contribution in [0.1, 0.15) is 38.7 Å². The Morgan fingerprint density at radius 3 is 2.57 bits per heavy atom. The van der Waals surface area contributed by atoms with E-state index in [1.54, 1.807) is 30.3 Å². The van der Waals surface area contributed by atoms with Crippen molar-refractivity contribution in [1.29, 1.82) is 0 Å². The third-order valence-corrected chi connectivity index (χ3v) is 4.74. The van der Waals surface area contributed by atoms with Crippen molar-refractivity contribution >= 4 is 17.5 Å². The molecule has 0 radical (unpaired) electrons. The molecule has 0 aliphatic carbocycles. The summed E-state index contributed by atoms with van der Waals surface area (Å²) in [6.45, 7) is 0.309. The standard InChI is InChI=1S/C22H17F2N3O3/c23-17-5-4-14(12-18(17)24)26-22(29)16-3-1-2-15-19(8-11-30-20(15)16)27-21(28)13-6-9-25-10-7-13/h1-7,9-10,12,19H,8,11H2,(H,26,29)(H,27,28)/t19-/m0/s1. The molecule has 1 aromatic heterocycles. The van der Waals surface area contributed by atoms with E-state index in [0.29, 0.717) is 29.9 Å². The van der Waals surface area contributed by atoms with Crippen LogP contribution in [0.15, 0.2) is 60.9 Å². The Morgan fingerprint density at radius 1 is 1.00 bits per heavy atom. The molecule has 1 aliphatic heterocycles. The van der Waals surface area contributed by atoms with Gasteiger partial charge in [-0.2, -0.15) is 0 Å². The maximum Gasteiger partial charge on any atom is 0.259 e. The number of benzene rings is 2. The van der Waals surface area contributed by atoms with Crippen molar-refractivity contribution in [2.24, 2.45) is 0 Å². The van der Waals surface area contributed by atoms with Gasteiger partial charge in [0.05, 0.1) is 18.2 Å². The van der Waals surface area contributed by atoms with E-state index >= 15 is 0 Å². The maximum atomic E-state index is 13.4. The van der Waals surface area contributed by atoms with Crippen LogP contribution in [0, 0.1) is 11.6 Å². The van der Waals surface area contributed by atoms with Gasteiger partial charge < -0.3 is 15.4 Å². The summed E-state index contributed by atoms with van der Waals surface area (Å²) in [5.74, 6) is -2.49. The average Bonchev–Trinajstić information content (AvgIpc) is 2.76. The number of hydrogen-bond donors (Lipinski definition) is 2. The Bertz CT molecular complexity index is 1110. The molecule has 152 valence electrons. The van der Waals surface area contributed by atoms with Crippen LogP contribution in [-0.2, 0) is 0 Å². The fourth-order valence-electron chi connectivity index (χ4n) is 3.27. The minimum absolute atomic E-state index is 0.120. The molecule has 0 fully saturated rings. The predicted molar refractivity (Wildman–Crippen MR) is 105 cm³/mol. The van der Waals surface area contributed by atoms with Crippen LogP contribution >= 0.6 is 0 Å². The van der Waals surface area contributed by atoms with Gasteiger partial charge in [0.1, 0.15) is 5.75 Å². The lowest BCUT2D eigenvalue weighted by Gasteiger charge is -2.28. The molecule has 2 aromatic carbocycles. The number of amides is 2. The first-order chi connectivity index (χ1) is 14.5. The Hall–Kier alpha value is -3.81. The van der Waals surface area contributed by atoms with Crippen molar-refractivity contribution in [3.63, 3.8) is 0 Å². The molecule has 4 rings (SSSR count). The molecule has 30 heavy (non-hydrogen) atoms. The summed E-state index contributed by atoms with van der Waals surface area (Å²) in [7, 11) is 0. The lowest BCUT2D eigenvalue weighted by Crippen LogP contribution is -2.33. The van der Waals surface area contributed by atoms with Crippen molar-refractivity contribution in [1.82, 2.24) is 10.3 Å². The molecule has 8 heteroatoms. The average molecular weight is 409 g/mol. The molecule has 2 heterocycles. The number of anilines is 1. The van der Waals surface area contributed by atoms with Gasteiger partial charge in [-0.3, -0.25) is 14.6 Å². The summed E-state index contributed by atoms with van der Waals surface area (Å²) < 4.78 is 32.2. The van der Waals surface area contributed by atoms with Gasteiger partial charge in [0, 0.05) is 41.7 Å². The number of pyridine rings is 1. The molecule has 0 unspecified atom stereocenters. The van der Waals surface area contributed by atoms with Gasteiger partial charge in [-0.15, -0.1) is 0 Å². The van der Waals surface area contributed by atoms with Crippen molar-refractivity contribution in [3.8, 4) is 5.75 Å². The van der Waals surface area contributed by atoms with E-state index in [-0.39, 0.29) is 23.2 Å². The van der Waals surface area contributed by atoms with Gasteiger partial charge in [0.25, 0.3) is 11.8 Å².